The maximum atomic E-state index is 13.0. The van der Waals surface area contributed by atoms with Crippen LogP contribution in [0, 0.1) is 13.8 Å². The molecular formula is C23H27N3OS. The van der Waals surface area contributed by atoms with Gasteiger partial charge in [0.2, 0.25) is 0 Å². The molecule has 0 spiro atoms. The number of benzene rings is 2. The van der Waals surface area contributed by atoms with Crippen LogP contribution in [-0.4, -0.2) is 39.4 Å². The molecule has 3 aromatic rings. The molecule has 0 saturated carbocycles. The fraction of sp³-hybridized carbons (Fsp3) is 0.391. The standard InChI is InChI=1S/C23H27N3OS/c1-17-10-11-18(2)20(14-17)22(27)15-26-21-9-5-4-8-19(21)23(24-26)28-16-25-12-6-3-7-13-25/h4-5,8-11,14H,3,6-7,12-13,15-16H2,1-2H3. The number of piperidine rings is 1. The molecule has 0 radical (unpaired) electrons. The minimum atomic E-state index is 0.113. The summed E-state index contributed by atoms with van der Waals surface area (Å²) < 4.78 is 1.87. The Morgan fingerprint density at radius 1 is 1.07 bits per heavy atom. The molecule has 0 unspecified atom stereocenters. The fourth-order valence-electron chi connectivity index (χ4n) is 3.82. The van der Waals surface area contributed by atoms with Gasteiger partial charge < -0.3 is 0 Å². The summed E-state index contributed by atoms with van der Waals surface area (Å²) in [4.78, 5) is 15.5. The largest absolute Gasteiger partial charge is 0.294 e. The third-order valence-electron chi connectivity index (χ3n) is 5.44. The Bertz CT molecular complexity index is 989. The van der Waals surface area contributed by atoms with Crippen molar-refractivity contribution in [3.05, 3.63) is 59.2 Å². The third kappa shape index (κ3) is 4.15. The average molecular weight is 394 g/mol. The van der Waals surface area contributed by atoms with E-state index < -0.39 is 0 Å². The van der Waals surface area contributed by atoms with Crippen molar-refractivity contribution < 1.29 is 4.79 Å². The van der Waals surface area contributed by atoms with Gasteiger partial charge in [-0.25, -0.2) is 0 Å². The monoisotopic (exact) mass is 393 g/mol. The van der Waals surface area contributed by atoms with Crippen molar-refractivity contribution in [1.82, 2.24) is 14.7 Å². The molecule has 0 amide bonds. The lowest BCUT2D eigenvalue weighted by Gasteiger charge is -2.25. The van der Waals surface area contributed by atoms with Crippen LogP contribution in [0.4, 0.5) is 0 Å². The van der Waals surface area contributed by atoms with E-state index in [2.05, 4.69) is 17.0 Å². The number of thioether (sulfide) groups is 1. The Kier molecular flexibility index (Phi) is 5.83. The molecule has 4 rings (SSSR count). The predicted octanol–water partition coefficient (Wildman–Crippen LogP) is 5.07. The predicted molar refractivity (Wildman–Crippen MR) is 116 cm³/mol. The van der Waals surface area contributed by atoms with Gasteiger partial charge in [-0.3, -0.25) is 14.4 Å². The number of likely N-dealkylation sites (tertiary alicyclic amines) is 1. The normalized spacial score (nSPS) is 15.2. The molecule has 0 aliphatic carbocycles. The van der Waals surface area contributed by atoms with Gasteiger partial charge in [-0.1, -0.05) is 54.1 Å². The van der Waals surface area contributed by atoms with Crippen molar-refractivity contribution in [2.45, 2.75) is 44.7 Å². The second-order valence-corrected chi connectivity index (χ2v) is 8.61. The molecule has 0 bridgehead atoms. The van der Waals surface area contributed by atoms with Gasteiger partial charge in [-0.2, -0.15) is 5.10 Å². The van der Waals surface area contributed by atoms with Crippen molar-refractivity contribution in [2.24, 2.45) is 0 Å². The molecule has 5 heteroatoms. The molecular weight excluding hydrogens is 366 g/mol. The van der Waals surface area contributed by atoms with E-state index in [4.69, 9.17) is 5.10 Å². The Morgan fingerprint density at radius 2 is 1.86 bits per heavy atom. The highest BCUT2D eigenvalue weighted by Crippen LogP contribution is 2.29. The highest BCUT2D eigenvalue weighted by atomic mass is 32.2. The number of Topliss-reactive ketones (excluding diaryl/α,β-unsaturated/α-hetero) is 1. The number of carbonyl (C=O) groups excluding carboxylic acids is 1. The summed E-state index contributed by atoms with van der Waals surface area (Å²) in [5, 5.41) is 6.98. The molecule has 4 nitrogen and oxygen atoms in total. The first-order valence-electron chi connectivity index (χ1n) is 10.0. The lowest BCUT2D eigenvalue weighted by molar-refractivity contribution is 0.0968. The molecule has 2 heterocycles. The third-order valence-corrected chi connectivity index (χ3v) is 6.51. The van der Waals surface area contributed by atoms with Crippen LogP contribution in [0.2, 0.25) is 0 Å². The highest BCUT2D eigenvalue weighted by Gasteiger charge is 2.17. The first-order chi connectivity index (χ1) is 13.6. The Labute approximate surface area is 170 Å². The number of nitrogens with zero attached hydrogens (tertiary/aromatic N) is 3. The van der Waals surface area contributed by atoms with Crippen molar-refractivity contribution in [2.75, 3.05) is 19.0 Å². The quantitative estimate of drug-likeness (QED) is 0.433. The van der Waals surface area contributed by atoms with Gasteiger partial charge in [0.1, 0.15) is 11.6 Å². The number of carbonyl (C=O) groups is 1. The molecule has 146 valence electrons. The number of aryl methyl sites for hydroxylation is 2. The topological polar surface area (TPSA) is 38.1 Å². The average Bonchev–Trinajstić information content (AvgIpc) is 3.06. The molecule has 1 aliphatic heterocycles. The summed E-state index contributed by atoms with van der Waals surface area (Å²) in [5.41, 5.74) is 3.95. The zero-order valence-corrected chi connectivity index (χ0v) is 17.5. The minimum absolute atomic E-state index is 0.113. The zero-order valence-electron chi connectivity index (χ0n) is 16.6. The lowest BCUT2D eigenvalue weighted by atomic mass is 10.0. The smallest absolute Gasteiger partial charge is 0.184 e. The SMILES string of the molecule is Cc1ccc(C)c(C(=O)Cn2nc(SCN3CCCCC3)c3ccccc32)c1. The number of aromatic nitrogens is 2. The first kappa shape index (κ1) is 19.2. The van der Waals surface area contributed by atoms with E-state index in [1.807, 2.05) is 48.9 Å². The second kappa shape index (κ2) is 8.50. The first-order valence-corrected chi connectivity index (χ1v) is 11.0. The van der Waals surface area contributed by atoms with Gasteiger partial charge in [0.05, 0.1) is 11.4 Å². The Morgan fingerprint density at radius 3 is 2.68 bits per heavy atom. The molecule has 1 fully saturated rings. The van der Waals surface area contributed by atoms with E-state index in [1.165, 1.54) is 32.4 Å². The van der Waals surface area contributed by atoms with Gasteiger partial charge in [0, 0.05) is 10.9 Å². The van der Waals surface area contributed by atoms with E-state index in [1.54, 1.807) is 11.8 Å². The Balaban J connectivity index is 1.57. The van der Waals surface area contributed by atoms with Gasteiger partial charge in [-0.05, 0) is 57.5 Å². The number of hydrogen-bond donors (Lipinski definition) is 0. The van der Waals surface area contributed by atoms with Gasteiger partial charge in [-0.15, -0.1) is 0 Å². The van der Waals surface area contributed by atoms with Crippen LogP contribution in [0.3, 0.4) is 0 Å². The number of para-hydroxylation sites is 1. The van der Waals surface area contributed by atoms with Crippen molar-refractivity contribution >= 4 is 28.4 Å². The maximum absolute atomic E-state index is 13.0. The van der Waals surface area contributed by atoms with Crippen molar-refractivity contribution in [3.63, 3.8) is 0 Å². The van der Waals surface area contributed by atoms with Crippen LogP contribution in [0.5, 0.6) is 0 Å². The summed E-state index contributed by atoms with van der Waals surface area (Å²) in [5.74, 6) is 1.08. The van der Waals surface area contributed by atoms with E-state index >= 15 is 0 Å². The zero-order chi connectivity index (χ0) is 19.5. The molecule has 1 aromatic heterocycles. The number of ketones is 1. The fourth-order valence-corrected chi connectivity index (χ4v) is 4.87. The molecule has 2 aromatic carbocycles. The van der Waals surface area contributed by atoms with Crippen LogP contribution in [-0.2, 0) is 6.54 Å². The lowest BCUT2D eigenvalue weighted by Crippen LogP contribution is -2.29. The van der Waals surface area contributed by atoms with Gasteiger partial charge in [0.25, 0.3) is 0 Å². The second-order valence-electron chi connectivity index (χ2n) is 7.67. The summed E-state index contributed by atoms with van der Waals surface area (Å²) in [7, 11) is 0. The molecule has 0 atom stereocenters. The Hall–Kier alpha value is -2.11. The van der Waals surface area contributed by atoms with E-state index in [-0.39, 0.29) is 12.3 Å². The van der Waals surface area contributed by atoms with E-state index in [0.717, 1.165) is 38.5 Å². The summed E-state index contributed by atoms with van der Waals surface area (Å²) in [6.07, 6.45) is 3.93. The number of hydrogen-bond acceptors (Lipinski definition) is 4. The van der Waals surface area contributed by atoms with Crippen LogP contribution in [0.15, 0.2) is 47.5 Å². The summed E-state index contributed by atoms with van der Waals surface area (Å²) in [6, 6.07) is 14.3. The number of rotatable bonds is 6. The summed E-state index contributed by atoms with van der Waals surface area (Å²) in [6.45, 7) is 6.64. The van der Waals surface area contributed by atoms with Crippen molar-refractivity contribution in [1.29, 1.82) is 0 Å². The van der Waals surface area contributed by atoms with E-state index in [9.17, 15) is 4.79 Å². The molecule has 1 aliphatic rings. The highest BCUT2D eigenvalue weighted by molar-refractivity contribution is 7.99. The molecule has 1 saturated heterocycles. The summed E-state index contributed by atoms with van der Waals surface area (Å²) >= 11 is 1.79. The van der Waals surface area contributed by atoms with Crippen LogP contribution in [0.1, 0.15) is 40.7 Å². The van der Waals surface area contributed by atoms with Crippen LogP contribution >= 0.6 is 11.8 Å². The molecule has 0 N–H and O–H groups in total. The minimum Gasteiger partial charge on any atom is -0.294 e. The van der Waals surface area contributed by atoms with Gasteiger partial charge >= 0.3 is 0 Å². The number of fused-ring (bicyclic) bond motifs is 1. The van der Waals surface area contributed by atoms with Crippen molar-refractivity contribution in [3.8, 4) is 0 Å². The van der Waals surface area contributed by atoms with E-state index in [0.29, 0.717) is 0 Å². The van der Waals surface area contributed by atoms with Crippen LogP contribution < -0.4 is 0 Å². The van der Waals surface area contributed by atoms with Crippen LogP contribution in [0.25, 0.3) is 10.9 Å². The maximum Gasteiger partial charge on any atom is 0.184 e. The van der Waals surface area contributed by atoms with Gasteiger partial charge in [0.15, 0.2) is 5.78 Å². The molecule has 28 heavy (non-hydrogen) atoms.